The van der Waals surface area contributed by atoms with E-state index >= 15 is 0 Å². The van der Waals surface area contributed by atoms with Gasteiger partial charge in [0.15, 0.2) is 0 Å². The third-order valence-electron chi connectivity index (χ3n) is 4.11. The monoisotopic (exact) mass is 386 g/mol. The molecule has 0 amide bonds. The van der Waals surface area contributed by atoms with Gasteiger partial charge in [-0.05, 0) is 66.6 Å². The average molecular weight is 386 g/mol. The van der Waals surface area contributed by atoms with Crippen LogP contribution in [0.2, 0.25) is 0 Å². The van der Waals surface area contributed by atoms with Gasteiger partial charge >= 0.3 is 0 Å². The van der Waals surface area contributed by atoms with Crippen molar-refractivity contribution >= 4 is 15.7 Å². The van der Waals surface area contributed by atoms with Crippen LogP contribution in [0.1, 0.15) is 11.1 Å². The second-order valence-electron chi connectivity index (χ2n) is 5.98. The fraction of sp³-hybridized carbons (Fsp3) is 0.150. The topological polar surface area (TPSA) is 59.5 Å². The van der Waals surface area contributed by atoms with Crippen LogP contribution >= 0.6 is 0 Å². The normalized spacial score (nSPS) is 11.2. The maximum Gasteiger partial charge on any atom is 0.264 e. The summed E-state index contributed by atoms with van der Waals surface area (Å²) in [5.41, 5.74) is 1.56. The summed E-state index contributed by atoms with van der Waals surface area (Å²) >= 11 is 0. The fourth-order valence-corrected chi connectivity index (χ4v) is 4.40. The largest absolute Gasteiger partial charge is 0.497 e. The van der Waals surface area contributed by atoms with Gasteiger partial charge < -0.3 is 4.74 Å². The molecule has 0 spiro atoms. The minimum atomic E-state index is -3.92. The molecule has 1 aromatic heterocycles. The Kier molecular flexibility index (Phi) is 5.41. The van der Waals surface area contributed by atoms with E-state index in [-0.39, 0.29) is 11.4 Å². The van der Waals surface area contributed by atoms with Gasteiger partial charge in [-0.3, -0.25) is 9.29 Å². The first-order chi connectivity index (χ1) is 12.9. The van der Waals surface area contributed by atoms with Crippen molar-refractivity contribution in [3.05, 3.63) is 83.9 Å². The number of hydrogen-bond donors (Lipinski definition) is 0. The van der Waals surface area contributed by atoms with Crippen LogP contribution in [0.15, 0.2) is 71.9 Å². The molecule has 2 aromatic carbocycles. The smallest absolute Gasteiger partial charge is 0.264 e. The van der Waals surface area contributed by atoms with Gasteiger partial charge in [0.2, 0.25) is 0 Å². The van der Waals surface area contributed by atoms with Gasteiger partial charge in [0.05, 0.1) is 24.2 Å². The van der Waals surface area contributed by atoms with Crippen LogP contribution in [0.25, 0.3) is 0 Å². The van der Waals surface area contributed by atoms with Gasteiger partial charge in [-0.2, -0.15) is 0 Å². The Bertz CT molecular complexity index is 1020. The van der Waals surface area contributed by atoms with Crippen LogP contribution in [0.3, 0.4) is 0 Å². The number of halogens is 1. The number of methoxy groups -OCH3 is 1. The Morgan fingerprint density at radius 3 is 2.44 bits per heavy atom. The van der Waals surface area contributed by atoms with Crippen LogP contribution < -0.4 is 9.04 Å². The van der Waals surface area contributed by atoms with Crippen LogP contribution in [0, 0.1) is 12.7 Å². The van der Waals surface area contributed by atoms with E-state index in [0.717, 1.165) is 11.6 Å². The molecule has 0 bridgehead atoms. The molecule has 0 fully saturated rings. The van der Waals surface area contributed by atoms with Crippen molar-refractivity contribution < 1.29 is 17.5 Å². The lowest BCUT2D eigenvalue weighted by atomic mass is 10.2. The quantitative estimate of drug-likeness (QED) is 0.644. The molecule has 0 saturated carbocycles. The van der Waals surface area contributed by atoms with Gasteiger partial charge in [0, 0.05) is 12.4 Å². The summed E-state index contributed by atoms with van der Waals surface area (Å²) in [7, 11) is -2.38. The number of nitrogens with zero attached hydrogens (tertiary/aromatic N) is 2. The standard InChI is InChI=1S/C20H19FN2O3S/c1-15-12-17(21)5-10-20(15)27(24,25)23(14-16-4-3-11-22-13-16)18-6-8-19(26-2)9-7-18/h3-13H,14H2,1-2H3. The highest BCUT2D eigenvalue weighted by molar-refractivity contribution is 7.92. The molecule has 0 aliphatic heterocycles. The van der Waals surface area contributed by atoms with Crippen molar-refractivity contribution in [2.75, 3.05) is 11.4 Å². The van der Waals surface area contributed by atoms with Crippen molar-refractivity contribution in [3.63, 3.8) is 0 Å². The Morgan fingerprint density at radius 1 is 1.11 bits per heavy atom. The number of ether oxygens (including phenoxy) is 1. The van der Waals surface area contributed by atoms with Crippen LogP contribution in [0.4, 0.5) is 10.1 Å². The molecular formula is C20H19FN2O3S. The van der Waals surface area contributed by atoms with E-state index in [1.165, 1.54) is 16.4 Å². The molecule has 7 heteroatoms. The highest BCUT2D eigenvalue weighted by atomic mass is 32.2. The molecule has 0 unspecified atom stereocenters. The number of aryl methyl sites for hydroxylation is 1. The van der Waals surface area contributed by atoms with Crippen LogP contribution in [-0.2, 0) is 16.6 Å². The molecule has 140 valence electrons. The number of pyridine rings is 1. The SMILES string of the molecule is COc1ccc(N(Cc2cccnc2)S(=O)(=O)c2ccc(F)cc2C)cc1. The van der Waals surface area contributed by atoms with E-state index in [1.54, 1.807) is 62.8 Å². The molecule has 0 atom stereocenters. The van der Waals surface area contributed by atoms with E-state index in [4.69, 9.17) is 4.74 Å². The predicted octanol–water partition coefficient (Wildman–Crippen LogP) is 3.93. The highest BCUT2D eigenvalue weighted by Crippen LogP contribution is 2.29. The lowest BCUT2D eigenvalue weighted by molar-refractivity contribution is 0.415. The van der Waals surface area contributed by atoms with Crippen molar-refractivity contribution in [1.29, 1.82) is 0 Å². The molecule has 3 rings (SSSR count). The van der Waals surface area contributed by atoms with Crippen molar-refractivity contribution in [2.45, 2.75) is 18.4 Å². The molecule has 3 aromatic rings. The summed E-state index contributed by atoms with van der Waals surface area (Å²) in [6, 6.07) is 13.9. The Balaban J connectivity index is 2.09. The van der Waals surface area contributed by atoms with E-state index in [9.17, 15) is 12.8 Å². The minimum absolute atomic E-state index is 0.0589. The highest BCUT2D eigenvalue weighted by Gasteiger charge is 2.27. The van der Waals surface area contributed by atoms with Crippen molar-refractivity contribution in [1.82, 2.24) is 4.98 Å². The molecule has 0 aliphatic carbocycles. The number of benzene rings is 2. The lowest BCUT2D eigenvalue weighted by Crippen LogP contribution is -2.31. The predicted molar refractivity (Wildman–Crippen MR) is 102 cm³/mol. The average Bonchev–Trinajstić information content (AvgIpc) is 2.66. The molecule has 27 heavy (non-hydrogen) atoms. The summed E-state index contributed by atoms with van der Waals surface area (Å²) < 4.78 is 46.6. The van der Waals surface area contributed by atoms with Gasteiger partial charge in [0.1, 0.15) is 11.6 Å². The molecule has 0 radical (unpaired) electrons. The summed E-state index contributed by atoms with van der Waals surface area (Å²) in [5.74, 6) is 0.144. The zero-order valence-corrected chi connectivity index (χ0v) is 15.8. The summed E-state index contributed by atoms with van der Waals surface area (Å²) in [6.45, 7) is 1.67. The third-order valence-corrected chi connectivity index (χ3v) is 6.05. The molecule has 0 saturated heterocycles. The van der Waals surface area contributed by atoms with E-state index in [0.29, 0.717) is 17.0 Å². The lowest BCUT2D eigenvalue weighted by Gasteiger charge is -2.25. The molecule has 5 nitrogen and oxygen atoms in total. The molecular weight excluding hydrogens is 367 g/mol. The first-order valence-corrected chi connectivity index (χ1v) is 9.67. The maximum absolute atomic E-state index is 13.5. The second kappa shape index (κ2) is 7.75. The van der Waals surface area contributed by atoms with Crippen molar-refractivity contribution in [2.24, 2.45) is 0 Å². The van der Waals surface area contributed by atoms with Crippen LogP contribution in [-0.4, -0.2) is 20.5 Å². The van der Waals surface area contributed by atoms with Crippen molar-refractivity contribution in [3.8, 4) is 5.75 Å². The molecule has 0 aliphatic rings. The summed E-state index contributed by atoms with van der Waals surface area (Å²) in [6.07, 6.45) is 3.24. The van der Waals surface area contributed by atoms with Crippen LogP contribution in [0.5, 0.6) is 5.75 Å². The first kappa shape index (κ1) is 18.8. The number of anilines is 1. The van der Waals surface area contributed by atoms with Gasteiger partial charge in [-0.15, -0.1) is 0 Å². The zero-order valence-electron chi connectivity index (χ0n) is 15.0. The molecule has 0 N–H and O–H groups in total. The third kappa shape index (κ3) is 4.09. The van der Waals surface area contributed by atoms with E-state index < -0.39 is 15.8 Å². The van der Waals surface area contributed by atoms with Gasteiger partial charge in [-0.25, -0.2) is 12.8 Å². The Morgan fingerprint density at radius 2 is 1.85 bits per heavy atom. The number of rotatable bonds is 6. The Hall–Kier alpha value is -2.93. The Labute approximate surface area is 158 Å². The van der Waals surface area contributed by atoms with E-state index in [1.807, 2.05) is 0 Å². The first-order valence-electron chi connectivity index (χ1n) is 8.23. The zero-order chi connectivity index (χ0) is 19.4. The fourth-order valence-electron chi connectivity index (χ4n) is 2.74. The number of sulfonamides is 1. The number of hydrogen-bond acceptors (Lipinski definition) is 4. The van der Waals surface area contributed by atoms with Gasteiger partial charge in [0.25, 0.3) is 10.0 Å². The maximum atomic E-state index is 13.5. The second-order valence-corrected chi connectivity index (χ2v) is 7.81. The van der Waals surface area contributed by atoms with E-state index in [2.05, 4.69) is 4.98 Å². The number of aromatic nitrogens is 1. The molecule has 1 heterocycles. The summed E-state index contributed by atoms with van der Waals surface area (Å²) in [4.78, 5) is 4.11. The minimum Gasteiger partial charge on any atom is -0.497 e. The van der Waals surface area contributed by atoms with Gasteiger partial charge in [-0.1, -0.05) is 6.07 Å². The summed E-state index contributed by atoms with van der Waals surface area (Å²) in [5, 5.41) is 0.